The molecular formula is C13H16FN3S. The molecule has 2 rings (SSSR count). The van der Waals surface area contributed by atoms with Gasteiger partial charge in [-0.2, -0.15) is 0 Å². The molecule has 2 aromatic rings. The Morgan fingerprint density at radius 1 is 1.39 bits per heavy atom. The van der Waals surface area contributed by atoms with Crippen molar-refractivity contribution in [2.75, 3.05) is 11.1 Å². The third-order valence-corrected chi connectivity index (χ3v) is 3.86. The van der Waals surface area contributed by atoms with Crippen molar-refractivity contribution < 1.29 is 4.39 Å². The molecule has 18 heavy (non-hydrogen) atoms. The molecule has 1 unspecified atom stereocenters. The van der Waals surface area contributed by atoms with Crippen LogP contribution in [0.4, 0.5) is 15.8 Å². The molecule has 1 heterocycles. The molecular weight excluding hydrogens is 249 g/mol. The van der Waals surface area contributed by atoms with Crippen LogP contribution in [0.3, 0.4) is 0 Å². The van der Waals surface area contributed by atoms with Gasteiger partial charge in [0.05, 0.1) is 17.4 Å². The number of halogens is 1. The van der Waals surface area contributed by atoms with Gasteiger partial charge in [-0.05, 0) is 38.5 Å². The first-order valence-corrected chi connectivity index (χ1v) is 6.59. The summed E-state index contributed by atoms with van der Waals surface area (Å²) in [7, 11) is 0. The van der Waals surface area contributed by atoms with E-state index >= 15 is 0 Å². The Morgan fingerprint density at radius 3 is 2.72 bits per heavy atom. The monoisotopic (exact) mass is 265 g/mol. The van der Waals surface area contributed by atoms with Gasteiger partial charge in [-0.25, -0.2) is 9.37 Å². The molecule has 1 atom stereocenters. The minimum atomic E-state index is -0.282. The maximum atomic E-state index is 13.3. The number of rotatable bonds is 3. The van der Waals surface area contributed by atoms with Gasteiger partial charge in [-0.15, -0.1) is 11.3 Å². The van der Waals surface area contributed by atoms with Crippen molar-refractivity contribution in [3.05, 3.63) is 39.6 Å². The standard InChI is InChI=1S/C13H16FN3S/c1-7-4-12(11(15)5-10(7)14)17-9(3)13-16-8(2)6-18-13/h4-6,9,17H,15H2,1-3H3. The molecule has 0 saturated carbocycles. The number of benzene rings is 1. The zero-order valence-corrected chi connectivity index (χ0v) is 11.4. The molecule has 1 aromatic carbocycles. The number of anilines is 2. The summed E-state index contributed by atoms with van der Waals surface area (Å²) in [6.45, 7) is 5.69. The van der Waals surface area contributed by atoms with Gasteiger partial charge >= 0.3 is 0 Å². The Bertz CT molecular complexity index is 565. The van der Waals surface area contributed by atoms with Crippen LogP contribution < -0.4 is 11.1 Å². The highest BCUT2D eigenvalue weighted by Gasteiger charge is 2.12. The van der Waals surface area contributed by atoms with Crippen LogP contribution in [-0.4, -0.2) is 4.98 Å². The fourth-order valence-electron chi connectivity index (χ4n) is 1.69. The lowest BCUT2D eigenvalue weighted by atomic mass is 10.1. The molecule has 0 radical (unpaired) electrons. The van der Waals surface area contributed by atoms with Crippen LogP contribution in [0.1, 0.15) is 29.2 Å². The van der Waals surface area contributed by atoms with E-state index in [-0.39, 0.29) is 11.9 Å². The lowest BCUT2D eigenvalue weighted by Crippen LogP contribution is -2.09. The first-order valence-electron chi connectivity index (χ1n) is 5.71. The first-order chi connectivity index (χ1) is 8.47. The normalized spacial score (nSPS) is 12.4. The molecule has 0 amide bonds. The SMILES string of the molecule is Cc1csc(C(C)Nc2cc(C)c(F)cc2N)n1. The van der Waals surface area contributed by atoms with Crippen LogP contribution in [0.5, 0.6) is 0 Å². The Labute approximate surface area is 110 Å². The summed E-state index contributed by atoms with van der Waals surface area (Å²) in [5.74, 6) is -0.282. The van der Waals surface area contributed by atoms with Gasteiger partial charge < -0.3 is 11.1 Å². The van der Waals surface area contributed by atoms with Gasteiger partial charge in [0.15, 0.2) is 0 Å². The number of hydrogen-bond acceptors (Lipinski definition) is 4. The quantitative estimate of drug-likeness (QED) is 0.833. The average Bonchev–Trinajstić information content (AvgIpc) is 2.73. The molecule has 0 spiro atoms. The minimum Gasteiger partial charge on any atom is -0.397 e. The summed E-state index contributed by atoms with van der Waals surface area (Å²) in [6, 6.07) is 3.12. The lowest BCUT2D eigenvalue weighted by molar-refractivity contribution is 0.619. The second-order valence-corrected chi connectivity index (χ2v) is 5.27. The van der Waals surface area contributed by atoms with E-state index in [0.717, 1.165) is 16.4 Å². The summed E-state index contributed by atoms with van der Waals surface area (Å²) in [5.41, 5.74) is 8.55. The van der Waals surface area contributed by atoms with Crippen molar-refractivity contribution in [3.63, 3.8) is 0 Å². The van der Waals surface area contributed by atoms with E-state index in [1.54, 1.807) is 24.3 Å². The van der Waals surface area contributed by atoms with Crippen LogP contribution >= 0.6 is 11.3 Å². The highest BCUT2D eigenvalue weighted by atomic mass is 32.1. The number of nitrogens with two attached hydrogens (primary N) is 1. The number of hydrogen-bond donors (Lipinski definition) is 2. The van der Waals surface area contributed by atoms with Crippen molar-refractivity contribution in [1.29, 1.82) is 0 Å². The first kappa shape index (κ1) is 12.8. The topological polar surface area (TPSA) is 50.9 Å². The van der Waals surface area contributed by atoms with Crippen LogP contribution in [0.25, 0.3) is 0 Å². The number of nitrogens with one attached hydrogen (secondary N) is 1. The molecule has 0 aliphatic carbocycles. The molecule has 0 fully saturated rings. The maximum absolute atomic E-state index is 13.3. The fraction of sp³-hybridized carbons (Fsp3) is 0.308. The van der Waals surface area contributed by atoms with Crippen molar-refractivity contribution in [3.8, 4) is 0 Å². The Balaban J connectivity index is 2.21. The molecule has 1 aromatic heterocycles. The molecule has 0 bridgehead atoms. The Kier molecular flexibility index (Phi) is 3.52. The van der Waals surface area contributed by atoms with Crippen LogP contribution in [0.2, 0.25) is 0 Å². The van der Waals surface area contributed by atoms with E-state index in [2.05, 4.69) is 10.3 Å². The summed E-state index contributed by atoms with van der Waals surface area (Å²) >= 11 is 1.60. The number of aromatic nitrogens is 1. The van der Waals surface area contributed by atoms with Gasteiger partial charge in [0.2, 0.25) is 0 Å². The smallest absolute Gasteiger partial charge is 0.128 e. The van der Waals surface area contributed by atoms with Crippen LogP contribution in [-0.2, 0) is 0 Å². The zero-order chi connectivity index (χ0) is 13.3. The van der Waals surface area contributed by atoms with Gasteiger partial charge in [-0.1, -0.05) is 0 Å². The molecule has 0 aliphatic heterocycles. The third kappa shape index (κ3) is 2.61. The Morgan fingerprint density at radius 2 is 2.11 bits per heavy atom. The van der Waals surface area contributed by atoms with Crippen LogP contribution in [0, 0.1) is 19.7 Å². The molecule has 3 nitrogen and oxygen atoms in total. The summed E-state index contributed by atoms with van der Waals surface area (Å²) in [5, 5.41) is 6.27. The number of nitrogen functional groups attached to an aromatic ring is 1. The predicted molar refractivity (Wildman–Crippen MR) is 74.4 cm³/mol. The number of thiazole rings is 1. The molecule has 96 valence electrons. The highest BCUT2D eigenvalue weighted by Crippen LogP contribution is 2.28. The van der Waals surface area contributed by atoms with E-state index in [4.69, 9.17) is 5.73 Å². The van der Waals surface area contributed by atoms with E-state index in [1.165, 1.54) is 6.07 Å². The zero-order valence-electron chi connectivity index (χ0n) is 10.6. The second-order valence-electron chi connectivity index (χ2n) is 4.38. The van der Waals surface area contributed by atoms with Crippen molar-refractivity contribution in [2.45, 2.75) is 26.8 Å². The summed E-state index contributed by atoms with van der Waals surface area (Å²) in [4.78, 5) is 4.42. The minimum absolute atomic E-state index is 0.0517. The van der Waals surface area contributed by atoms with Gasteiger partial charge in [0.1, 0.15) is 10.8 Å². The third-order valence-electron chi connectivity index (χ3n) is 2.71. The van der Waals surface area contributed by atoms with Crippen LogP contribution in [0.15, 0.2) is 17.5 Å². The van der Waals surface area contributed by atoms with Gasteiger partial charge in [0.25, 0.3) is 0 Å². The van der Waals surface area contributed by atoms with E-state index in [0.29, 0.717) is 11.3 Å². The molecule has 5 heteroatoms. The van der Waals surface area contributed by atoms with Gasteiger partial charge in [0, 0.05) is 11.1 Å². The van der Waals surface area contributed by atoms with Crippen molar-refractivity contribution in [1.82, 2.24) is 4.98 Å². The Hall–Kier alpha value is -1.62. The van der Waals surface area contributed by atoms with Gasteiger partial charge in [-0.3, -0.25) is 0 Å². The number of aryl methyl sites for hydroxylation is 2. The summed E-state index contributed by atoms with van der Waals surface area (Å²) in [6.07, 6.45) is 0. The van der Waals surface area contributed by atoms with E-state index in [9.17, 15) is 4.39 Å². The number of nitrogens with zero attached hydrogens (tertiary/aromatic N) is 1. The fourth-order valence-corrected chi connectivity index (χ4v) is 2.49. The average molecular weight is 265 g/mol. The highest BCUT2D eigenvalue weighted by molar-refractivity contribution is 7.09. The van der Waals surface area contributed by atoms with Crippen molar-refractivity contribution >= 4 is 22.7 Å². The second kappa shape index (κ2) is 4.94. The van der Waals surface area contributed by atoms with E-state index < -0.39 is 0 Å². The predicted octanol–water partition coefficient (Wildman–Crippen LogP) is 3.65. The molecule has 0 saturated heterocycles. The lowest BCUT2D eigenvalue weighted by Gasteiger charge is -2.15. The molecule has 0 aliphatic rings. The largest absolute Gasteiger partial charge is 0.397 e. The summed E-state index contributed by atoms with van der Waals surface area (Å²) < 4.78 is 13.3. The van der Waals surface area contributed by atoms with E-state index in [1.807, 2.05) is 19.2 Å². The maximum Gasteiger partial charge on any atom is 0.128 e. The molecule has 3 N–H and O–H groups in total. The van der Waals surface area contributed by atoms with Crippen molar-refractivity contribution in [2.24, 2.45) is 0 Å².